The molecule has 0 saturated heterocycles. The molecule has 1 aliphatic rings. The highest BCUT2D eigenvalue weighted by Crippen LogP contribution is 2.11. The van der Waals surface area contributed by atoms with Crippen LogP contribution in [0.4, 0.5) is 0 Å². The van der Waals surface area contributed by atoms with Gasteiger partial charge in [0.05, 0.1) is 5.70 Å². The van der Waals surface area contributed by atoms with Gasteiger partial charge < -0.3 is 0 Å². The van der Waals surface area contributed by atoms with Gasteiger partial charge in [0, 0.05) is 18.5 Å². The summed E-state index contributed by atoms with van der Waals surface area (Å²) in [6.45, 7) is 5.69. The van der Waals surface area contributed by atoms with Gasteiger partial charge in [0.2, 0.25) is 0 Å². The first-order chi connectivity index (χ1) is 3.72. The monoisotopic (exact) mass is 108 g/mol. The van der Waals surface area contributed by atoms with Crippen LogP contribution < -0.4 is 0 Å². The molecule has 2 nitrogen and oxygen atoms in total. The van der Waals surface area contributed by atoms with E-state index in [0.717, 1.165) is 11.3 Å². The fraction of sp³-hybridized carbons (Fsp3) is 0.333. The van der Waals surface area contributed by atoms with Crippen molar-refractivity contribution in [1.82, 2.24) is 5.01 Å². The summed E-state index contributed by atoms with van der Waals surface area (Å²) >= 11 is 0. The smallest absolute Gasteiger partial charge is 0.0648 e. The molecule has 0 aliphatic carbocycles. The van der Waals surface area contributed by atoms with E-state index in [-0.39, 0.29) is 0 Å². The molecule has 0 aromatic heterocycles. The number of hydrogen-bond acceptors (Lipinski definition) is 2. The zero-order valence-corrected chi connectivity index (χ0v) is 5.10. The molecular formula is C6H8N2. The molecule has 0 N–H and O–H groups in total. The van der Waals surface area contributed by atoms with Crippen molar-refractivity contribution in [2.75, 3.05) is 7.05 Å². The molecule has 1 rings (SSSR count). The van der Waals surface area contributed by atoms with Crippen LogP contribution >= 0.6 is 0 Å². The van der Waals surface area contributed by atoms with Gasteiger partial charge >= 0.3 is 0 Å². The van der Waals surface area contributed by atoms with E-state index in [2.05, 4.69) is 17.6 Å². The first kappa shape index (κ1) is 5.13. The van der Waals surface area contributed by atoms with Gasteiger partial charge in [0.15, 0.2) is 0 Å². The molecule has 0 aromatic carbocycles. The van der Waals surface area contributed by atoms with Crippen molar-refractivity contribution in [3.8, 4) is 0 Å². The lowest BCUT2D eigenvalue weighted by Gasteiger charge is -2.06. The normalized spacial score (nSPS) is 17.5. The van der Waals surface area contributed by atoms with Crippen LogP contribution in [0.3, 0.4) is 0 Å². The molecule has 0 radical (unpaired) electrons. The van der Waals surface area contributed by atoms with Gasteiger partial charge in [-0.2, -0.15) is 0 Å². The Morgan fingerprint density at radius 1 is 1.75 bits per heavy atom. The summed E-state index contributed by atoms with van der Waals surface area (Å²) in [5.41, 5.74) is 1.96. The standard InChI is InChI=1S/C6H8N2/c1-5-4-7-8(3)6(5)2/h2H2,1,3H3. The number of likely N-dealkylation sites (N-methyl/N-ethyl adjacent to an activating group) is 1. The van der Waals surface area contributed by atoms with E-state index >= 15 is 0 Å². The van der Waals surface area contributed by atoms with E-state index in [1.165, 1.54) is 0 Å². The average molecular weight is 108 g/mol. The van der Waals surface area contributed by atoms with Gasteiger partial charge in [-0.1, -0.05) is 6.58 Å². The van der Waals surface area contributed by atoms with Gasteiger partial charge in [-0.3, -0.25) is 5.01 Å². The van der Waals surface area contributed by atoms with Crippen molar-refractivity contribution < 1.29 is 0 Å². The molecular weight excluding hydrogens is 100 g/mol. The third kappa shape index (κ3) is 0.553. The number of hydrogen-bond donors (Lipinski definition) is 0. The summed E-state index contributed by atoms with van der Waals surface area (Å²) in [6.07, 6.45) is 0. The number of allylic oxidation sites excluding steroid dienone is 1. The molecule has 1 heterocycles. The molecule has 0 aromatic rings. The van der Waals surface area contributed by atoms with E-state index in [1.54, 1.807) is 5.01 Å². The summed E-state index contributed by atoms with van der Waals surface area (Å²) < 4.78 is 0. The van der Waals surface area contributed by atoms with Crippen LogP contribution in [0.2, 0.25) is 0 Å². The largest absolute Gasteiger partial charge is 0.260 e. The number of hydrazone groups is 1. The Kier molecular flexibility index (Phi) is 0.959. The summed E-state index contributed by atoms with van der Waals surface area (Å²) in [5, 5.41) is 5.55. The second-order valence-corrected chi connectivity index (χ2v) is 1.81. The highest BCUT2D eigenvalue weighted by molar-refractivity contribution is 5.65. The Bertz CT molecular complexity index is 185. The Morgan fingerprint density at radius 3 is 2.50 bits per heavy atom. The lowest BCUT2D eigenvalue weighted by molar-refractivity contribution is 0.472. The highest BCUT2D eigenvalue weighted by atomic mass is 15.4. The van der Waals surface area contributed by atoms with Crippen LogP contribution in [0.25, 0.3) is 0 Å². The van der Waals surface area contributed by atoms with Crippen LogP contribution in [0.5, 0.6) is 0 Å². The van der Waals surface area contributed by atoms with Crippen molar-refractivity contribution in [3.05, 3.63) is 17.8 Å². The Hall–Kier alpha value is -1.01. The van der Waals surface area contributed by atoms with Gasteiger partial charge in [-0.05, 0) is 6.92 Å². The van der Waals surface area contributed by atoms with E-state index in [0.29, 0.717) is 0 Å². The number of nitrogens with zero attached hydrogens (tertiary/aromatic N) is 2. The summed E-state index contributed by atoms with van der Waals surface area (Å²) in [7, 11) is 1.85. The molecule has 2 heteroatoms. The number of rotatable bonds is 0. The predicted octanol–water partition coefficient (Wildman–Crippen LogP) is 0.976. The average Bonchev–Trinajstić information content (AvgIpc) is 1.98. The summed E-state index contributed by atoms with van der Waals surface area (Å²) in [4.78, 5) is 0. The lowest BCUT2D eigenvalue weighted by atomic mass is 10.3. The molecule has 1 aliphatic heterocycles. The maximum atomic E-state index is 3.84. The van der Waals surface area contributed by atoms with Crippen molar-refractivity contribution in [2.45, 2.75) is 6.92 Å². The molecule has 0 fully saturated rings. The second kappa shape index (κ2) is 1.49. The zero-order chi connectivity index (χ0) is 6.15. The van der Waals surface area contributed by atoms with Crippen molar-refractivity contribution in [3.63, 3.8) is 0 Å². The van der Waals surface area contributed by atoms with Crippen molar-refractivity contribution >= 4 is 5.87 Å². The summed E-state index contributed by atoms with van der Waals surface area (Å²) in [5.74, 6) is 2.79. The SMILES string of the molecule is C=C1C(C)=C=NN1C. The van der Waals surface area contributed by atoms with Crippen molar-refractivity contribution in [2.24, 2.45) is 5.10 Å². The van der Waals surface area contributed by atoms with E-state index in [4.69, 9.17) is 0 Å². The van der Waals surface area contributed by atoms with Crippen molar-refractivity contribution in [1.29, 1.82) is 0 Å². The van der Waals surface area contributed by atoms with E-state index in [1.807, 2.05) is 14.0 Å². The molecule has 0 amide bonds. The fourth-order valence-electron chi connectivity index (χ4n) is 0.518. The van der Waals surface area contributed by atoms with Crippen LogP contribution in [0, 0.1) is 0 Å². The van der Waals surface area contributed by atoms with Gasteiger partial charge in [0.25, 0.3) is 0 Å². The fourth-order valence-corrected chi connectivity index (χ4v) is 0.518. The Morgan fingerprint density at radius 2 is 2.38 bits per heavy atom. The minimum absolute atomic E-state index is 0.935. The van der Waals surface area contributed by atoms with Crippen LogP contribution in [0.15, 0.2) is 23.0 Å². The first-order valence-corrected chi connectivity index (χ1v) is 2.45. The van der Waals surface area contributed by atoms with Gasteiger partial charge in [-0.25, -0.2) is 0 Å². The highest BCUT2D eigenvalue weighted by Gasteiger charge is 2.05. The van der Waals surface area contributed by atoms with E-state index in [9.17, 15) is 0 Å². The predicted molar refractivity (Wildman–Crippen MR) is 33.5 cm³/mol. The third-order valence-corrected chi connectivity index (χ3v) is 1.19. The van der Waals surface area contributed by atoms with Crippen LogP contribution in [-0.4, -0.2) is 17.9 Å². The molecule has 8 heavy (non-hydrogen) atoms. The summed E-state index contributed by atoms with van der Waals surface area (Å²) in [6, 6.07) is 0. The lowest BCUT2D eigenvalue weighted by Crippen LogP contribution is -2.04. The zero-order valence-electron chi connectivity index (χ0n) is 5.10. The van der Waals surface area contributed by atoms with E-state index < -0.39 is 0 Å². The first-order valence-electron chi connectivity index (χ1n) is 2.45. The molecule has 0 saturated carbocycles. The topological polar surface area (TPSA) is 15.6 Å². The maximum absolute atomic E-state index is 3.84. The minimum atomic E-state index is 0.935. The minimum Gasteiger partial charge on any atom is -0.260 e. The van der Waals surface area contributed by atoms with Crippen LogP contribution in [0.1, 0.15) is 6.92 Å². The van der Waals surface area contributed by atoms with Crippen LogP contribution in [-0.2, 0) is 0 Å². The molecule has 0 unspecified atom stereocenters. The molecule has 42 valence electrons. The van der Waals surface area contributed by atoms with Gasteiger partial charge in [0.1, 0.15) is 0 Å². The Balaban J connectivity index is 2.89. The van der Waals surface area contributed by atoms with Gasteiger partial charge in [-0.15, -0.1) is 5.10 Å². The molecule has 0 spiro atoms. The Labute approximate surface area is 48.8 Å². The quantitative estimate of drug-likeness (QED) is 0.451. The molecule has 0 atom stereocenters. The third-order valence-electron chi connectivity index (χ3n) is 1.19. The second-order valence-electron chi connectivity index (χ2n) is 1.81. The molecule has 0 bridgehead atoms. The maximum Gasteiger partial charge on any atom is 0.0648 e.